The summed E-state index contributed by atoms with van der Waals surface area (Å²) in [5.41, 5.74) is 0. The van der Waals surface area contributed by atoms with E-state index in [0.29, 0.717) is 0 Å². The molecule has 0 aromatic heterocycles. The fourth-order valence-electron chi connectivity index (χ4n) is 0. The molecule has 0 radical (unpaired) electrons. The summed E-state index contributed by atoms with van der Waals surface area (Å²) in [7, 11) is 25.0. The van der Waals surface area contributed by atoms with Gasteiger partial charge in [0, 0.05) is 0 Å². The molecule has 0 saturated heterocycles. The van der Waals surface area contributed by atoms with Gasteiger partial charge in [-0.05, 0) is 0 Å². The maximum atomic E-state index is 5.06. The molecule has 48 valence electrons. The van der Waals surface area contributed by atoms with Gasteiger partial charge in [0.2, 0.25) is 0 Å². The van der Waals surface area contributed by atoms with Crippen molar-refractivity contribution in [2.45, 2.75) is 0 Å². The molecule has 9 heteroatoms. The third-order valence-corrected chi connectivity index (χ3v) is 0. The third-order valence-electron chi connectivity index (χ3n) is 0. The van der Waals surface area contributed by atoms with Crippen molar-refractivity contribution in [3.8, 4) is 0 Å². The van der Waals surface area contributed by atoms with Gasteiger partial charge in [-0.2, -0.15) is 0 Å². The first-order chi connectivity index (χ1) is 2.45. The molecule has 0 heterocycles. The smallest absolute Gasteiger partial charge is 1.00 e. The molecule has 0 aromatic rings. The van der Waals surface area contributed by atoms with Crippen LogP contribution in [0, 0.1) is 0 Å². The Morgan fingerprint density at radius 2 is 0.556 bits per heavy atom. The van der Waals surface area contributed by atoms with Crippen LogP contribution in [0.25, 0.3) is 0 Å². The predicted octanol–water partition coefficient (Wildman–Crippen LogP) is -1.86. The van der Waals surface area contributed by atoms with Crippen LogP contribution < -0.4 is 103 Å². The largest absolute Gasteiger partial charge is 1.00 e. The Labute approximate surface area is 160 Å². The fraction of sp³-hybridized carbons (Fsp3) is 0. The van der Waals surface area contributed by atoms with Crippen LogP contribution in [-0.2, 0) is 7.66 Å². The van der Waals surface area contributed by atoms with E-state index in [-0.39, 0.29) is 103 Å². The maximum absolute atomic E-state index is 5.33. The molecule has 0 saturated carbocycles. The minimum atomic E-state index is -5.33. The third kappa shape index (κ3) is 57.6. The Morgan fingerprint density at radius 3 is 0.556 bits per heavy atom. The average molecular weight is 339 g/mol. The van der Waals surface area contributed by atoms with Crippen molar-refractivity contribution in [3.05, 3.63) is 0 Å². The zero-order valence-electron chi connectivity index (χ0n) is 4.77. The first kappa shape index (κ1) is 20.2. The Morgan fingerprint density at radius 1 is 0.556 bits per heavy atom. The molecule has 0 nitrogen and oxygen atoms in total. The quantitative estimate of drug-likeness (QED) is 0.455. The SMILES string of the molecule is [Cl][Ti-2]([Cl])([Cl])([Cl])([Cl])[Cl].[K+].[K+]. The van der Waals surface area contributed by atoms with Gasteiger partial charge >= 0.3 is 166 Å². The molecule has 0 spiro atoms. The second-order valence-electron chi connectivity index (χ2n) is 1.07. The molecule has 0 aliphatic heterocycles. The first-order valence-corrected chi connectivity index (χ1v) is 14.0. The van der Waals surface area contributed by atoms with Crippen LogP contribution in [0.2, 0.25) is 0 Å². The summed E-state index contributed by atoms with van der Waals surface area (Å²) < 4.78 is 0. The second-order valence-corrected chi connectivity index (χ2v) is 39.8. The van der Waals surface area contributed by atoms with Gasteiger partial charge in [-0.1, -0.05) is 0 Å². The van der Waals surface area contributed by atoms with Gasteiger partial charge in [0.05, 0.1) is 0 Å². The molecule has 0 aromatic carbocycles. The normalized spacial score (nSPS) is 18.0. The molecule has 0 atom stereocenters. The minimum absolute atomic E-state index is 0. The maximum Gasteiger partial charge on any atom is 1.00 e. The monoisotopic (exact) mass is 336 g/mol. The van der Waals surface area contributed by atoms with Crippen molar-refractivity contribution in [1.82, 2.24) is 0 Å². The molecule has 0 unspecified atom stereocenters. The summed E-state index contributed by atoms with van der Waals surface area (Å²) in [4.78, 5) is 0. The van der Waals surface area contributed by atoms with Crippen molar-refractivity contribution >= 4 is 55.8 Å². The van der Waals surface area contributed by atoms with Crippen molar-refractivity contribution < 1.29 is 110 Å². The van der Waals surface area contributed by atoms with Crippen LogP contribution in [0.3, 0.4) is 0 Å². The number of hydrogen-bond donors (Lipinski definition) is 0. The van der Waals surface area contributed by atoms with Crippen LogP contribution in [-0.4, -0.2) is 0 Å². The molecule has 9 heavy (non-hydrogen) atoms. The first-order valence-electron chi connectivity index (χ1n) is 1.13. The van der Waals surface area contributed by atoms with Crippen molar-refractivity contribution in [1.29, 1.82) is 0 Å². The average Bonchev–Trinajstić information content (AvgIpc) is 0.592. The van der Waals surface area contributed by atoms with Gasteiger partial charge < -0.3 is 0 Å². The van der Waals surface area contributed by atoms with E-state index >= 15 is 0 Å². The molecule has 0 amide bonds. The van der Waals surface area contributed by atoms with Crippen LogP contribution in [0.5, 0.6) is 0 Å². The second kappa shape index (κ2) is 5.18. The molecule has 0 rings (SSSR count). The number of rotatable bonds is 0. The van der Waals surface area contributed by atoms with Crippen LogP contribution in [0.1, 0.15) is 0 Å². The van der Waals surface area contributed by atoms with Crippen molar-refractivity contribution in [2.24, 2.45) is 0 Å². The molecule has 0 N–H and O–H groups in total. The predicted molar refractivity (Wildman–Crippen MR) is 35.1 cm³/mol. The van der Waals surface area contributed by atoms with Gasteiger partial charge in [0.25, 0.3) is 0 Å². The summed E-state index contributed by atoms with van der Waals surface area (Å²) in [5, 5.41) is 0. The number of halogens is 6. The summed E-state index contributed by atoms with van der Waals surface area (Å²) in [6.07, 6.45) is 0. The summed E-state index contributed by atoms with van der Waals surface area (Å²) in [6.45, 7) is 0. The van der Waals surface area contributed by atoms with E-state index in [0.717, 1.165) is 0 Å². The van der Waals surface area contributed by atoms with Crippen molar-refractivity contribution in [2.75, 3.05) is 0 Å². The van der Waals surface area contributed by atoms with E-state index in [1.807, 2.05) is 0 Å². The molecule has 0 bridgehead atoms. The summed E-state index contributed by atoms with van der Waals surface area (Å²) >= 11 is 0. The topological polar surface area (TPSA) is 0 Å². The number of hydrogen-bond acceptors (Lipinski definition) is 0. The van der Waals surface area contributed by atoms with E-state index in [2.05, 4.69) is 0 Å². The van der Waals surface area contributed by atoms with E-state index in [1.54, 1.807) is 0 Å². The van der Waals surface area contributed by atoms with Crippen LogP contribution in [0.4, 0.5) is 0 Å². The molecule has 0 fully saturated rings. The van der Waals surface area contributed by atoms with Gasteiger partial charge in [-0.25, -0.2) is 0 Å². The van der Waals surface area contributed by atoms with Gasteiger partial charge in [-0.15, -0.1) is 0 Å². The van der Waals surface area contributed by atoms with Crippen LogP contribution >= 0.6 is 55.8 Å². The van der Waals surface area contributed by atoms with Gasteiger partial charge in [0.1, 0.15) is 0 Å². The van der Waals surface area contributed by atoms with E-state index in [9.17, 15) is 0 Å². The standard InChI is InChI=1S/6ClH.2K.Ti/h6*1H;;;/q;;;;;;2*+1;+4/p-6. The van der Waals surface area contributed by atoms with E-state index in [4.69, 9.17) is 55.8 Å². The Kier molecular flexibility index (Phi) is 11.6. The van der Waals surface area contributed by atoms with Gasteiger partial charge in [0.15, 0.2) is 0 Å². The van der Waals surface area contributed by atoms with Crippen molar-refractivity contribution in [3.63, 3.8) is 0 Å². The summed E-state index contributed by atoms with van der Waals surface area (Å²) in [6, 6.07) is 0. The minimum Gasteiger partial charge on any atom is 1.00 e. The Bertz CT molecular complexity index is 69.6. The molecule has 0 aliphatic rings. The summed E-state index contributed by atoms with van der Waals surface area (Å²) in [5.74, 6) is 0. The molecular formula is Cl6K2Ti. The van der Waals surface area contributed by atoms with Crippen LogP contribution in [0.15, 0.2) is 0 Å². The zero-order chi connectivity index (χ0) is 6.41. The molecule has 0 aliphatic carbocycles. The Hall–Kier alpha value is 5.73. The zero-order valence-corrected chi connectivity index (χ0v) is 17.1. The van der Waals surface area contributed by atoms with E-state index in [1.165, 1.54) is 0 Å². The Balaban J connectivity index is -0.000000180. The van der Waals surface area contributed by atoms with Gasteiger partial charge in [-0.3, -0.25) is 0 Å². The fourth-order valence-corrected chi connectivity index (χ4v) is 0. The molecular weight excluding hydrogens is 339 g/mol. The van der Waals surface area contributed by atoms with E-state index < -0.39 is 7.66 Å².